The third-order valence-electron chi connectivity index (χ3n) is 4.91. The molecule has 0 aliphatic heterocycles. The molecule has 3 aromatic carbocycles. The zero-order chi connectivity index (χ0) is 20.3. The summed E-state index contributed by atoms with van der Waals surface area (Å²) < 4.78 is 5.75. The molecule has 0 radical (unpaired) electrons. The van der Waals surface area contributed by atoms with Crippen molar-refractivity contribution in [2.45, 2.75) is 32.6 Å². The maximum atomic E-state index is 12.6. The number of hydrogen-bond donors (Lipinski definition) is 1. The summed E-state index contributed by atoms with van der Waals surface area (Å²) in [6, 6.07) is 26.4. The second-order valence-corrected chi connectivity index (χ2v) is 7.14. The summed E-state index contributed by atoms with van der Waals surface area (Å²) in [5.74, 6) is 0.790. The van der Waals surface area contributed by atoms with E-state index in [1.165, 1.54) is 11.1 Å². The molecule has 0 spiro atoms. The van der Waals surface area contributed by atoms with Crippen molar-refractivity contribution < 1.29 is 9.53 Å². The first-order valence-corrected chi connectivity index (χ1v) is 10.4. The smallest absolute Gasteiger partial charge is 0.251 e. The van der Waals surface area contributed by atoms with Crippen LogP contribution in [0, 0.1) is 0 Å². The van der Waals surface area contributed by atoms with E-state index >= 15 is 0 Å². The van der Waals surface area contributed by atoms with E-state index in [-0.39, 0.29) is 5.91 Å². The molecule has 0 unspecified atom stereocenters. The van der Waals surface area contributed by atoms with Crippen LogP contribution < -0.4 is 10.1 Å². The van der Waals surface area contributed by atoms with Crippen LogP contribution in [0.5, 0.6) is 5.75 Å². The zero-order valence-electron chi connectivity index (χ0n) is 17.1. The Balaban J connectivity index is 1.48. The Kier molecular flexibility index (Phi) is 7.88. The molecule has 3 aromatic rings. The summed E-state index contributed by atoms with van der Waals surface area (Å²) in [4.78, 5) is 12.6. The first-order valence-electron chi connectivity index (χ1n) is 10.4. The normalized spacial score (nSPS) is 10.5. The van der Waals surface area contributed by atoms with Crippen molar-refractivity contribution in [1.82, 2.24) is 5.32 Å². The highest BCUT2D eigenvalue weighted by molar-refractivity contribution is 5.95. The second-order valence-electron chi connectivity index (χ2n) is 7.14. The molecule has 3 nitrogen and oxygen atoms in total. The largest absolute Gasteiger partial charge is 0.492 e. The predicted octanol–water partition coefficient (Wildman–Crippen LogP) is 5.23. The third-order valence-corrected chi connectivity index (χ3v) is 4.91. The van der Waals surface area contributed by atoms with Crippen molar-refractivity contribution in [3.05, 3.63) is 101 Å². The minimum atomic E-state index is -0.0458. The Labute approximate surface area is 173 Å². The van der Waals surface area contributed by atoms with Gasteiger partial charge in [0.25, 0.3) is 5.91 Å². The highest BCUT2D eigenvalue weighted by Crippen LogP contribution is 2.14. The van der Waals surface area contributed by atoms with Crippen molar-refractivity contribution in [3.63, 3.8) is 0 Å². The second kappa shape index (κ2) is 11.1. The van der Waals surface area contributed by atoms with Crippen LogP contribution in [0.1, 0.15) is 40.4 Å². The van der Waals surface area contributed by atoms with Gasteiger partial charge in [0.2, 0.25) is 0 Å². The molecular weight excluding hydrogens is 358 g/mol. The summed E-state index contributed by atoms with van der Waals surface area (Å²) >= 11 is 0. The van der Waals surface area contributed by atoms with Crippen LogP contribution >= 0.6 is 0 Å². The Morgan fingerprint density at radius 3 is 2.24 bits per heavy atom. The maximum absolute atomic E-state index is 12.6. The van der Waals surface area contributed by atoms with Crippen molar-refractivity contribution in [2.75, 3.05) is 13.2 Å². The van der Waals surface area contributed by atoms with Gasteiger partial charge in [0, 0.05) is 5.56 Å². The van der Waals surface area contributed by atoms with E-state index in [2.05, 4.69) is 36.5 Å². The summed E-state index contributed by atoms with van der Waals surface area (Å²) in [7, 11) is 0. The number of carbonyl (C=O) groups excluding carboxylic acids is 1. The number of rotatable bonds is 10. The van der Waals surface area contributed by atoms with Crippen LogP contribution in [0.3, 0.4) is 0 Å². The van der Waals surface area contributed by atoms with Gasteiger partial charge in [0.05, 0.1) is 6.54 Å². The zero-order valence-corrected chi connectivity index (χ0v) is 17.1. The number of aryl methyl sites for hydroxylation is 3. The number of carbonyl (C=O) groups is 1. The van der Waals surface area contributed by atoms with Crippen LogP contribution in [-0.4, -0.2) is 19.1 Å². The van der Waals surface area contributed by atoms with Crippen LogP contribution in [-0.2, 0) is 19.3 Å². The summed E-state index contributed by atoms with van der Waals surface area (Å²) in [6.07, 6.45) is 3.98. The summed E-state index contributed by atoms with van der Waals surface area (Å²) in [5.41, 5.74) is 4.41. The fraction of sp³-hybridized carbons (Fsp3) is 0.269. The summed E-state index contributed by atoms with van der Waals surface area (Å²) in [5, 5.41) is 2.98. The van der Waals surface area contributed by atoms with Gasteiger partial charge < -0.3 is 10.1 Å². The van der Waals surface area contributed by atoms with E-state index in [0.29, 0.717) is 13.2 Å². The number of nitrogens with one attached hydrogen (secondary N) is 1. The van der Waals surface area contributed by atoms with Crippen molar-refractivity contribution in [3.8, 4) is 5.75 Å². The molecule has 0 atom stereocenters. The van der Waals surface area contributed by atoms with Gasteiger partial charge in [0.15, 0.2) is 0 Å². The lowest BCUT2D eigenvalue weighted by molar-refractivity contribution is 0.0946. The highest BCUT2D eigenvalue weighted by atomic mass is 16.5. The molecule has 3 heteroatoms. The molecule has 1 N–H and O–H groups in total. The van der Waals surface area contributed by atoms with Gasteiger partial charge >= 0.3 is 0 Å². The van der Waals surface area contributed by atoms with Crippen LogP contribution in [0.15, 0.2) is 78.9 Å². The molecule has 150 valence electrons. The molecule has 0 bridgehead atoms. The van der Waals surface area contributed by atoms with Gasteiger partial charge in [-0.15, -0.1) is 0 Å². The van der Waals surface area contributed by atoms with Crippen LogP contribution in [0.4, 0.5) is 0 Å². The quantitative estimate of drug-likeness (QED) is 0.484. The van der Waals surface area contributed by atoms with E-state index in [1.54, 1.807) is 0 Å². The molecule has 29 heavy (non-hydrogen) atoms. The molecule has 0 aliphatic rings. The third kappa shape index (κ3) is 6.49. The molecule has 1 amide bonds. The van der Waals surface area contributed by atoms with Crippen molar-refractivity contribution >= 4 is 5.91 Å². The van der Waals surface area contributed by atoms with Crippen LogP contribution in [0.25, 0.3) is 0 Å². The topological polar surface area (TPSA) is 38.3 Å². The molecule has 3 rings (SSSR count). The van der Waals surface area contributed by atoms with Crippen molar-refractivity contribution in [2.24, 2.45) is 0 Å². The first-order chi connectivity index (χ1) is 14.3. The lowest BCUT2D eigenvalue weighted by Crippen LogP contribution is -2.29. The average Bonchev–Trinajstić information content (AvgIpc) is 2.77. The van der Waals surface area contributed by atoms with Gasteiger partial charge in [-0.1, -0.05) is 74.0 Å². The molecule has 0 heterocycles. The SMILES string of the molecule is CCCc1ccc(OCCNC(=O)c2ccccc2CCc2ccccc2)cc1. The molecule has 0 saturated carbocycles. The lowest BCUT2D eigenvalue weighted by atomic mass is 9.99. The maximum Gasteiger partial charge on any atom is 0.251 e. The van der Waals surface area contributed by atoms with Crippen molar-refractivity contribution in [1.29, 1.82) is 0 Å². The Morgan fingerprint density at radius 2 is 1.48 bits per heavy atom. The van der Waals surface area contributed by atoms with E-state index in [1.807, 2.05) is 54.6 Å². The first kappa shape index (κ1) is 20.7. The van der Waals surface area contributed by atoms with E-state index < -0.39 is 0 Å². The van der Waals surface area contributed by atoms with Crippen LogP contribution in [0.2, 0.25) is 0 Å². The molecule has 0 fully saturated rings. The molecular formula is C26H29NO2. The Hall–Kier alpha value is -3.07. The van der Waals surface area contributed by atoms with E-state index in [0.717, 1.165) is 42.6 Å². The van der Waals surface area contributed by atoms with E-state index in [9.17, 15) is 4.79 Å². The van der Waals surface area contributed by atoms with Gasteiger partial charge in [-0.05, 0) is 54.2 Å². The molecule has 0 aromatic heterocycles. The number of amides is 1. The average molecular weight is 388 g/mol. The summed E-state index contributed by atoms with van der Waals surface area (Å²) in [6.45, 7) is 3.10. The lowest BCUT2D eigenvalue weighted by Gasteiger charge is -2.11. The molecule has 0 aliphatic carbocycles. The fourth-order valence-electron chi connectivity index (χ4n) is 3.35. The number of benzene rings is 3. The van der Waals surface area contributed by atoms with Gasteiger partial charge in [-0.2, -0.15) is 0 Å². The Morgan fingerprint density at radius 1 is 0.793 bits per heavy atom. The molecule has 0 saturated heterocycles. The highest BCUT2D eigenvalue weighted by Gasteiger charge is 2.10. The fourth-order valence-corrected chi connectivity index (χ4v) is 3.35. The van der Waals surface area contributed by atoms with E-state index in [4.69, 9.17) is 4.74 Å². The Bertz CT molecular complexity index is 888. The minimum Gasteiger partial charge on any atom is -0.492 e. The number of ether oxygens (including phenoxy) is 1. The van der Waals surface area contributed by atoms with Gasteiger partial charge in [0.1, 0.15) is 12.4 Å². The monoisotopic (exact) mass is 387 g/mol. The minimum absolute atomic E-state index is 0.0458. The number of hydrogen-bond acceptors (Lipinski definition) is 2. The van der Waals surface area contributed by atoms with Gasteiger partial charge in [-0.25, -0.2) is 0 Å². The van der Waals surface area contributed by atoms with Gasteiger partial charge in [-0.3, -0.25) is 4.79 Å². The predicted molar refractivity (Wildman–Crippen MR) is 119 cm³/mol. The standard InChI is InChI=1S/C26H29NO2/c1-2-8-21-14-17-24(18-15-21)29-20-19-27-26(28)25-12-7-6-11-23(25)16-13-22-9-4-3-5-10-22/h3-7,9-12,14-15,17-18H,2,8,13,16,19-20H2,1H3,(H,27,28).